The van der Waals surface area contributed by atoms with Crippen molar-refractivity contribution in [3.8, 4) is 0 Å². The lowest BCUT2D eigenvalue weighted by atomic mass is 9.75. The van der Waals surface area contributed by atoms with Crippen LogP contribution >= 0.6 is 0 Å². The van der Waals surface area contributed by atoms with Crippen molar-refractivity contribution in [3.63, 3.8) is 0 Å². The molecule has 0 aliphatic heterocycles. The van der Waals surface area contributed by atoms with Crippen molar-refractivity contribution in [2.24, 2.45) is 0 Å². The van der Waals surface area contributed by atoms with Crippen molar-refractivity contribution in [2.45, 2.75) is 37.8 Å². The maximum atomic E-state index is 5.46. The van der Waals surface area contributed by atoms with Gasteiger partial charge in [0.1, 0.15) is 0 Å². The molecule has 1 aliphatic rings. The second kappa shape index (κ2) is 2.89. The van der Waals surface area contributed by atoms with Gasteiger partial charge < -0.3 is 10.1 Å². The van der Waals surface area contributed by atoms with Gasteiger partial charge in [0, 0.05) is 13.2 Å². The van der Waals surface area contributed by atoms with Crippen molar-refractivity contribution in [1.29, 1.82) is 0 Å². The lowest BCUT2D eigenvalue weighted by Crippen LogP contribution is -2.53. The van der Waals surface area contributed by atoms with Gasteiger partial charge in [-0.15, -0.1) is 0 Å². The van der Waals surface area contributed by atoms with Crippen LogP contribution in [0.5, 0.6) is 0 Å². The van der Waals surface area contributed by atoms with Gasteiger partial charge in [-0.1, -0.05) is 0 Å². The molecule has 0 spiro atoms. The lowest BCUT2D eigenvalue weighted by Gasteiger charge is -2.45. The van der Waals surface area contributed by atoms with Crippen LogP contribution in [0.25, 0.3) is 0 Å². The molecule has 0 aromatic rings. The number of ether oxygens (including phenoxy) is 1. The van der Waals surface area contributed by atoms with Gasteiger partial charge in [0.2, 0.25) is 0 Å². The number of hydrogen-bond donors (Lipinski definition) is 1. The molecule has 0 amide bonds. The highest BCUT2D eigenvalue weighted by Crippen LogP contribution is 2.37. The summed E-state index contributed by atoms with van der Waals surface area (Å²) in [6, 6.07) is 0.492. The zero-order valence-electron chi connectivity index (χ0n) is 7.11. The monoisotopic (exact) mass is 143 g/mol. The molecule has 1 saturated carbocycles. The van der Waals surface area contributed by atoms with Crippen molar-refractivity contribution < 1.29 is 4.74 Å². The standard InChI is InChI=1S/C8H17NO/c1-7(9-2)8(10-3)5-4-6-8/h7,9H,4-6H2,1-3H3. The minimum absolute atomic E-state index is 0.161. The molecule has 1 fully saturated rings. The van der Waals surface area contributed by atoms with Crippen molar-refractivity contribution in [1.82, 2.24) is 5.32 Å². The van der Waals surface area contributed by atoms with E-state index in [-0.39, 0.29) is 5.60 Å². The predicted molar refractivity (Wildman–Crippen MR) is 42.1 cm³/mol. The number of methoxy groups -OCH3 is 1. The summed E-state index contributed by atoms with van der Waals surface area (Å²) in [4.78, 5) is 0. The van der Waals surface area contributed by atoms with E-state index in [1.54, 1.807) is 0 Å². The Morgan fingerprint density at radius 3 is 2.20 bits per heavy atom. The van der Waals surface area contributed by atoms with Crippen LogP contribution in [-0.2, 0) is 4.74 Å². The Morgan fingerprint density at radius 1 is 1.50 bits per heavy atom. The summed E-state index contributed by atoms with van der Waals surface area (Å²) in [5.74, 6) is 0. The van der Waals surface area contributed by atoms with E-state index in [0.29, 0.717) is 6.04 Å². The minimum Gasteiger partial charge on any atom is -0.377 e. The largest absolute Gasteiger partial charge is 0.377 e. The molecule has 0 radical (unpaired) electrons. The number of likely N-dealkylation sites (N-methyl/N-ethyl adjacent to an activating group) is 1. The molecule has 1 unspecified atom stereocenters. The maximum absolute atomic E-state index is 5.46. The molecule has 60 valence electrons. The Labute approximate surface area is 63.0 Å². The SMILES string of the molecule is CNC(C)C1(OC)CCC1. The molecule has 2 heteroatoms. The maximum Gasteiger partial charge on any atom is 0.0828 e. The van der Waals surface area contributed by atoms with Crippen LogP contribution in [0.1, 0.15) is 26.2 Å². The van der Waals surface area contributed by atoms with E-state index >= 15 is 0 Å². The first-order valence-corrected chi connectivity index (χ1v) is 3.97. The van der Waals surface area contributed by atoms with Crippen LogP contribution in [0.2, 0.25) is 0 Å². The third kappa shape index (κ3) is 1.06. The Morgan fingerprint density at radius 2 is 2.10 bits per heavy atom. The van der Waals surface area contributed by atoms with E-state index in [1.165, 1.54) is 19.3 Å². The fourth-order valence-electron chi connectivity index (χ4n) is 1.60. The number of nitrogens with one attached hydrogen (secondary N) is 1. The van der Waals surface area contributed by atoms with Crippen LogP contribution < -0.4 is 5.32 Å². The van der Waals surface area contributed by atoms with Crippen LogP contribution in [0.3, 0.4) is 0 Å². The van der Waals surface area contributed by atoms with Crippen LogP contribution in [-0.4, -0.2) is 25.8 Å². The average molecular weight is 143 g/mol. The van der Waals surface area contributed by atoms with Crippen molar-refractivity contribution >= 4 is 0 Å². The second-order valence-corrected chi connectivity index (χ2v) is 3.13. The van der Waals surface area contributed by atoms with Gasteiger partial charge >= 0.3 is 0 Å². The van der Waals surface area contributed by atoms with Gasteiger partial charge in [0.25, 0.3) is 0 Å². The topological polar surface area (TPSA) is 21.3 Å². The average Bonchev–Trinajstić information content (AvgIpc) is 1.86. The molecule has 0 heterocycles. The molecular weight excluding hydrogens is 126 g/mol. The fourth-order valence-corrected chi connectivity index (χ4v) is 1.60. The zero-order valence-corrected chi connectivity index (χ0v) is 7.11. The molecule has 1 aliphatic carbocycles. The zero-order chi connectivity index (χ0) is 7.61. The molecule has 0 aromatic heterocycles. The normalized spacial score (nSPS) is 25.5. The Bertz CT molecular complexity index is 104. The molecule has 0 bridgehead atoms. The summed E-state index contributed by atoms with van der Waals surface area (Å²) >= 11 is 0. The summed E-state index contributed by atoms with van der Waals surface area (Å²) in [7, 11) is 3.80. The van der Waals surface area contributed by atoms with Gasteiger partial charge in [-0.2, -0.15) is 0 Å². The third-order valence-electron chi connectivity index (χ3n) is 2.83. The number of hydrogen-bond acceptors (Lipinski definition) is 2. The molecule has 0 aromatic carbocycles. The lowest BCUT2D eigenvalue weighted by molar-refractivity contribution is -0.0926. The highest BCUT2D eigenvalue weighted by atomic mass is 16.5. The molecule has 1 N–H and O–H groups in total. The molecular formula is C8H17NO. The molecule has 1 rings (SSSR count). The molecule has 2 nitrogen and oxygen atoms in total. The van der Waals surface area contributed by atoms with Gasteiger partial charge in [-0.25, -0.2) is 0 Å². The van der Waals surface area contributed by atoms with Gasteiger partial charge in [0.15, 0.2) is 0 Å². The summed E-state index contributed by atoms with van der Waals surface area (Å²) in [6.45, 7) is 2.18. The van der Waals surface area contributed by atoms with E-state index in [0.717, 1.165) is 0 Å². The molecule has 1 atom stereocenters. The summed E-state index contributed by atoms with van der Waals surface area (Å²) in [5, 5.41) is 3.23. The quantitative estimate of drug-likeness (QED) is 0.640. The van der Waals surface area contributed by atoms with Gasteiger partial charge in [-0.05, 0) is 33.2 Å². The highest BCUT2D eigenvalue weighted by Gasteiger charge is 2.41. The summed E-state index contributed by atoms with van der Waals surface area (Å²) in [6.07, 6.45) is 3.75. The third-order valence-corrected chi connectivity index (χ3v) is 2.83. The Balaban J connectivity index is 2.46. The van der Waals surface area contributed by atoms with E-state index in [2.05, 4.69) is 12.2 Å². The first-order valence-electron chi connectivity index (χ1n) is 3.97. The number of rotatable bonds is 3. The van der Waals surface area contributed by atoms with Crippen LogP contribution in [0.15, 0.2) is 0 Å². The smallest absolute Gasteiger partial charge is 0.0828 e. The molecule has 10 heavy (non-hydrogen) atoms. The van der Waals surface area contributed by atoms with Crippen molar-refractivity contribution in [3.05, 3.63) is 0 Å². The second-order valence-electron chi connectivity index (χ2n) is 3.13. The van der Waals surface area contributed by atoms with E-state index in [4.69, 9.17) is 4.74 Å². The first-order chi connectivity index (χ1) is 4.75. The minimum atomic E-state index is 0.161. The van der Waals surface area contributed by atoms with Gasteiger partial charge in [0.05, 0.1) is 5.60 Å². The Kier molecular flexibility index (Phi) is 2.32. The fraction of sp³-hybridized carbons (Fsp3) is 1.00. The first kappa shape index (κ1) is 8.02. The van der Waals surface area contributed by atoms with Crippen LogP contribution in [0.4, 0.5) is 0 Å². The predicted octanol–water partition coefficient (Wildman–Crippen LogP) is 1.16. The van der Waals surface area contributed by atoms with E-state index in [1.807, 2.05) is 14.2 Å². The van der Waals surface area contributed by atoms with Crippen molar-refractivity contribution in [2.75, 3.05) is 14.2 Å². The summed E-state index contributed by atoms with van der Waals surface area (Å²) < 4.78 is 5.46. The van der Waals surface area contributed by atoms with E-state index < -0.39 is 0 Å². The van der Waals surface area contributed by atoms with E-state index in [9.17, 15) is 0 Å². The van der Waals surface area contributed by atoms with Gasteiger partial charge in [-0.3, -0.25) is 0 Å². The Hall–Kier alpha value is -0.0800. The summed E-state index contributed by atoms with van der Waals surface area (Å²) in [5.41, 5.74) is 0.161. The highest BCUT2D eigenvalue weighted by molar-refractivity contribution is 4.96. The van der Waals surface area contributed by atoms with Crippen LogP contribution in [0, 0.1) is 0 Å². The molecule has 0 saturated heterocycles.